The summed E-state index contributed by atoms with van der Waals surface area (Å²) in [4.78, 5) is 23.2. The Labute approximate surface area is 226 Å². The van der Waals surface area contributed by atoms with Crippen LogP contribution < -0.4 is 14.2 Å². The topological polar surface area (TPSA) is 149 Å². The van der Waals surface area contributed by atoms with E-state index < -0.39 is 20.9 Å². The fourth-order valence-corrected chi connectivity index (χ4v) is 4.99. The highest BCUT2D eigenvalue weighted by molar-refractivity contribution is 14.1. The van der Waals surface area contributed by atoms with Gasteiger partial charge in [0.05, 0.1) is 20.8 Å². The van der Waals surface area contributed by atoms with E-state index in [-0.39, 0.29) is 39.9 Å². The molecule has 37 heavy (non-hydrogen) atoms. The number of rotatable bonds is 9. The number of nitrogens with zero attached hydrogens (tertiary/aromatic N) is 2. The Morgan fingerprint density at radius 1 is 1.19 bits per heavy atom. The van der Waals surface area contributed by atoms with Gasteiger partial charge in [-0.05, 0) is 77.9 Å². The summed E-state index contributed by atoms with van der Waals surface area (Å²) in [5.74, 6) is -0.697. The van der Waals surface area contributed by atoms with E-state index in [4.69, 9.17) is 8.92 Å². The molecule has 0 radical (unpaired) electrons. The first kappa shape index (κ1) is 27.6. The zero-order valence-electron chi connectivity index (χ0n) is 19.6. The number of ether oxygens (including phenoxy) is 1. The van der Waals surface area contributed by atoms with Crippen molar-refractivity contribution >= 4 is 56.1 Å². The average molecular weight is 633 g/mol. The number of nitro benzene ring substituents is 1. The molecule has 0 saturated carbocycles. The van der Waals surface area contributed by atoms with Gasteiger partial charge < -0.3 is 14.2 Å². The molecule has 0 spiro atoms. The number of nitriles is 1. The highest BCUT2D eigenvalue weighted by Gasteiger charge is 2.22. The van der Waals surface area contributed by atoms with Crippen LogP contribution in [-0.2, 0) is 14.9 Å². The average Bonchev–Trinajstić information content (AvgIpc) is 2.86. The summed E-state index contributed by atoms with van der Waals surface area (Å²) < 4.78 is 36.8. The van der Waals surface area contributed by atoms with Gasteiger partial charge in [-0.2, -0.15) is 13.7 Å². The Hall–Kier alpha value is -3.96. The number of amides is 1. The van der Waals surface area contributed by atoms with Crippen molar-refractivity contribution in [2.24, 2.45) is 0 Å². The molecule has 0 bridgehead atoms. The van der Waals surface area contributed by atoms with Gasteiger partial charge in [0.15, 0.2) is 11.5 Å². The van der Waals surface area contributed by atoms with Gasteiger partial charge in [-0.3, -0.25) is 14.9 Å². The third-order valence-electron chi connectivity index (χ3n) is 4.91. The van der Waals surface area contributed by atoms with Gasteiger partial charge in [0.25, 0.3) is 11.6 Å². The lowest BCUT2D eigenvalue weighted by atomic mass is 10.1. The lowest BCUT2D eigenvalue weighted by molar-refractivity contribution is -0.384. The number of nitrogens with one attached hydrogen (secondary N) is 1. The van der Waals surface area contributed by atoms with Crippen LogP contribution in [0.5, 0.6) is 11.5 Å². The second-order valence-corrected chi connectivity index (χ2v) is 10.2. The molecule has 0 aromatic heterocycles. The number of carbonyl (C=O) groups is 1. The molecule has 0 fully saturated rings. The van der Waals surface area contributed by atoms with E-state index >= 15 is 0 Å². The Balaban J connectivity index is 1.95. The predicted octanol–water partition coefficient (Wildman–Crippen LogP) is 5.22. The first-order valence-corrected chi connectivity index (χ1v) is 13.2. The zero-order chi connectivity index (χ0) is 27.2. The SMILES string of the molecule is CCOc1cc(/C=C(\C#N)C(=O)Nc2cc([N+](=O)[O-])ccc2C)cc(I)c1OS(=O)(=O)c1ccccc1. The molecular formula is C25H20IN3O7S. The quantitative estimate of drug-likeness (QED) is 0.0842. The molecule has 0 heterocycles. The Morgan fingerprint density at radius 2 is 1.89 bits per heavy atom. The maximum atomic E-state index is 12.8. The largest absolute Gasteiger partial charge is 0.490 e. The van der Waals surface area contributed by atoms with Gasteiger partial charge >= 0.3 is 10.1 Å². The van der Waals surface area contributed by atoms with E-state index in [0.29, 0.717) is 14.7 Å². The van der Waals surface area contributed by atoms with Gasteiger partial charge in [-0.1, -0.05) is 24.3 Å². The smallest absolute Gasteiger partial charge is 0.339 e. The normalized spacial score (nSPS) is 11.4. The van der Waals surface area contributed by atoms with Crippen LogP contribution in [0.15, 0.2) is 71.1 Å². The first-order chi connectivity index (χ1) is 17.6. The molecule has 0 aliphatic carbocycles. The molecular weight excluding hydrogens is 613 g/mol. The summed E-state index contributed by atoms with van der Waals surface area (Å²) in [6.45, 7) is 3.57. The molecule has 12 heteroatoms. The van der Waals surface area contributed by atoms with E-state index in [1.807, 2.05) is 28.7 Å². The molecule has 0 aliphatic rings. The number of hydrogen-bond donors (Lipinski definition) is 1. The number of halogens is 1. The second-order valence-electron chi connectivity index (χ2n) is 7.49. The monoisotopic (exact) mass is 633 g/mol. The van der Waals surface area contributed by atoms with Crippen molar-refractivity contribution in [1.29, 1.82) is 5.26 Å². The zero-order valence-corrected chi connectivity index (χ0v) is 22.6. The Morgan fingerprint density at radius 3 is 2.51 bits per heavy atom. The highest BCUT2D eigenvalue weighted by Crippen LogP contribution is 2.37. The van der Waals surface area contributed by atoms with Crippen molar-refractivity contribution in [3.63, 3.8) is 0 Å². The number of hydrogen-bond acceptors (Lipinski definition) is 8. The standard InChI is InChI=1S/C25H20IN3O7S/c1-3-35-23-13-17(12-21(26)24(23)36-37(33,34)20-7-5-4-6-8-20)11-18(15-27)25(30)28-22-14-19(29(31)32)10-9-16(22)2/h4-14H,3H2,1-2H3,(H,28,30)/b18-11+. The number of anilines is 1. The van der Waals surface area contributed by atoms with E-state index in [0.717, 1.165) is 0 Å². The molecule has 1 amide bonds. The number of non-ortho nitro benzene ring substituents is 1. The molecule has 190 valence electrons. The first-order valence-electron chi connectivity index (χ1n) is 10.7. The lowest BCUT2D eigenvalue weighted by Crippen LogP contribution is -2.14. The maximum absolute atomic E-state index is 12.8. The van der Waals surface area contributed by atoms with Crippen molar-refractivity contribution in [2.75, 3.05) is 11.9 Å². The van der Waals surface area contributed by atoms with E-state index in [1.54, 1.807) is 32.0 Å². The fourth-order valence-electron chi connectivity index (χ4n) is 3.12. The minimum Gasteiger partial charge on any atom is -0.490 e. The summed E-state index contributed by atoms with van der Waals surface area (Å²) in [5, 5.41) is 23.2. The second kappa shape index (κ2) is 11.8. The summed E-state index contributed by atoms with van der Waals surface area (Å²) in [5.41, 5.74) is 0.653. The minimum atomic E-state index is -4.14. The van der Waals surface area contributed by atoms with Crippen LogP contribution in [0.4, 0.5) is 11.4 Å². The van der Waals surface area contributed by atoms with Gasteiger partial charge in [0.2, 0.25) is 0 Å². The molecule has 3 aromatic rings. The summed E-state index contributed by atoms with van der Waals surface area (Å²) in [6, 6.07) is 16.4. The molecule has 10 nitrogen and oxygen atoms in total. The van der Waals surface area contributed by atoms with Gasteiger partial charge in [-0.15, -0.1) is 0 Å². The highest BCUT2D eigenvalue weighted by atomic mass is 127. The molecule has 0 saturated heterocycles. The number of benzene rings is 3. The Bertz CT molecular complexity index is 1530. The van der Waals surface area contributed by atoms with Crippen molar-refractivity contribution in [2.45, 2.75) is 18.7 Å². The summed E-state index contributed by atoms with van der Waals surface area (Å²) in [6.07, 6.45) is 1.29. The van der Waals surface area contributed by atoms with Crippen molar-refractivity contribution < 1.29 is 27.1 Å². The molecule has 3 aromatic carbocycles. The third kappa shape index (κ3) is 6.83. The van der Waals surface area contributed by atoms with Crippen LogP contribution in [0.3, 0.4) is 0 Å². The van der Waals surface area contributed by atoms with Gasteiger partial charge in [0.1, 0.15) is 16.5 Å². The van der Waals surface area contributed by atoms with Crippen molar-refractivity contribution in [1.82, 2.24) is 0 Å². The van der Waals surface area contributed by atoms with Crippen molar-refractivity contribution in [3.05, 3.63) is 91.0 Å². The number of nitro groups is 1. The van der Waals surface area contributed by atoms with E-state index in [9.17, 15) is 28.6 Å². The predicted molar refractivity (Wildman–Crippen MR) is 145 cm³/mol. The fraction of sp³-hybridized carbons (Fsp3) is 0.120. The minimum absolute atomic E-state index is 0.0290. The molecule has 0 aliphatic heterocycles. The van der Waals surface area contributed by atoms with Gasteiger partial charge in [-0.25, -0.2) is 0 Å². The molecule has 0 atom stereocenters. The number of carbonyl (C=O) groups excluding carboxylic acids is 1. The van der Waals surface area contributed by atoms with Crippen LogP contribution in [0.1, 0.15) is 18.1 Å². The van der Waals surface area contributed by atoms with Crippen LogP contribution >= 0.6 is 22.6 Å². The Kier molecular flexibility index (Phi) is 8.85. The third-order valence-corrected chi connectivity index (χ3v) is 6.95. The summed E-state index contributed by atoms with van der Waals surface area (Å²) >= 11 is 1.87. The van der Waals surface area contributed by atoms with E-state index in [1.165, 1.54) is 48.5 Å². The molecule has 3 rings (SSSR count). The van der Waals surface area contributed by atoms with Crippen LogP contribution in [-0.4, -0.2) is 25.9 Å². The summed E-state index contributed by atoms with van der Waals surface area (Å²) in [7, 11) is -4.14. The van der Waals surface area contributed by atoms with E-state index in [2.05, 4.69) is 5.32 Å². The van der Waals surface area contributed by atoms with Crippen LogP contribution in [0.25, 0.3) is 6.08 Å². The molecule has 0 unspecified atom stereocenters. The van der Waals surface area contributed by atoms with Crippen molar-refractivity contribution in [3.8, 4) is 17.6 Å². The lowest BCUT2D eigenvalue weighted by Gasteiger charge is -2.15. The van der Waals surface area contributed by atoms with Crippen LogP contribution in [0, 0.1) is 31.9 Å². The van der Waals surface area contributed by atoms with Gasteiger partial charge in [0, 0.05) is 12.1 Å². The number of aryl methyl sites for hydroxylation is 1. The van der Waals surface area contributed by atoms with Crippen LogP contribution in [0.2, 0.25) is 0 Å². The molecule has 1 N–H and O–H groups in total. The maximum Gasteiger partial charge on any atom is 0.339 e.